The van der Waals surface area contributed by atoms with Crippen LogP contribution in [0.4, 0.5) is 4.79 Å². The molecule has 1 N–H and O–H groups in total. The maximum Gasteiger partial charge on any atom is 0.338 e. The number of likely N-dealkylation sites (N-methyl/N-ethyl adjacent to an activating group) is 1. The number of rotatable bonds is 7. The lowest BCUT2D eigenvalue weighted by Gasteiger charge is -2.38. The fourth-order valence-electron chi connectivity index (χ4n) is 4.20. The van der Waals surface area contributed by atoms with Crippen LogP contribution in [-0.2, 0) is 19.1 Å². The number of piperidine rings is 1. The van der Waals surface area contributed by atoms with Crippen molar-refractivity contribution in [3.8, 4) is 0 Å². The minimum atomic E-state index is -0.730. The van der Waals surface area contributed by atoms with Gasteiger partial charge in [0.1, 0.15) is 0 Å². The quantitative estimate of drug-likeness (QED) is 0.625. The summed E-state index contributed by atoms with van der Waals surface area (Å²) >= 11 is 6.41. The molecule has 2 amide bonds. The van der Waals surface area contributed by atoms with Crippen molar-refractivity contribution in [1.82, 2.24) is 15.1 Å². The van der Waals surface area contributed by atoms with Gasteiger partial charge in [0.15, 0.2) is 0 Å². The van der Waals surface area contributed by atoms with Gasteiger partial charge < -0.3 is 14.8 Å². The molecule has 0 aliphatic carbocycles. The number of hydrogen-bond acceptors (Lipinski definition) is 6. The van der Waals surface area contributed by atoms with Gasteiger partial charge in [-0.3, -0.25) is 14.6 Å². The van der Waals surface area contributed by atoms with Gasteiger partial charge in [-0.05, 0) is 44.9 Å². The number of amides is 2. The number of urea groups is 1. The van der Waals surface area contributed by atoms with Crippen LogP contribution in [0.15, 0.2) is 35.5 Å². The Morgan fingerprint density at radius 2 is 1.91 bits per heavy atom. The van der Waals surface area contributed by atoms with Gasteiger partial charge in [0.2, 0.25) is 0 Å². The highest BCUT2D eigenvalue weighted by atomic mass is 35.5. The van der Waals surface area contributed by atoms with Crippen molar-refractivity contribution >= 4 is 29.6 Å². The summed E-state index contributed by atoms with van der Waals surface area (Å²) in [5, 5.41) is 3.32. The van der Waals surface area contributed by atoms with Gasteiger partial charge in [0.25, 0.3) is 0 Å². The van der Waals surface area contributed by atoms with E-state index in [1.165, 1.54) is 4.90 Å². The molecular formula is C23H30ClN3O5. The number of carbonyl (C=O) groups excluding carboxylic acids is 3. The van der Waals surface area contributed by atoms with Crippen molar-refractivity contribution in [3.63, 3.8) is 0 Å². The molecule has 2 aliphatic rings. The van der Waals surface area contributed by atoms with E-state index in [1.807, 2.05) is 6.07 Å². The van der Waals surface area contributed by atoms with Crippen LogP contribution in [0.25, 0.3) is 0 Å². The summed E-state index contributed by atoms with van der Waals surface area (Å²) in [6.45, 7) is 5.66. The molecule has 0 spiro atoms. The first-order valence-electron chi connectivity index (χ1n) is 10.9. The second-order valence-corrected chi connectivity index (χ2v) is 8.28. The lowest BCUT2D eigenvalue weighted by molar-refractivity contribution is -0.150. The summed E-state index contributed by atoms with van der Waals surface area (Å²) in [5.41, 5.74) is 1.51. The molecule has 1 aromatic rings. The van der Waals surface area contributed by atoms with Crippen LogP contribution in [0, 0.1) is 5.92 Å². The predicted molar refractivity (Wildman–Crippen MR) is 120 cm³/mol. The Labute approximate surface area is 193 Å². The molecule has 2 aliphatic heterocycles. The van der Waals surface area contributed by atoms with E-state index < -0.39 is 12.0 Å². The molecule has 1 saturated heterocycles. The van der Waals surface area contributed by atoms with E-state index in [-0.39, 0.29) is 24.5 Å². The monoisotopic (exact) mass is 463 g/mol. The normalized spacial score (nSPS) is 21.9. The van der Waals surface area contributed by atoms with Crippen molar-refractivity contribution < 1.29 is 23.9 Å². The summed E-state index contributed by atoms with van der Waals surface area (Å²) < 4.78 is 10.6. The lowest BCUT2D eigenvalue weighted by Crippen LogP contribution is -2.50. The van der Waals surface area contributed by atoms with Crippen LogP contribution in [0.2, 0.25) is 5.02 Å². The maximum atomic E-state index is 13.1. The molecule has 0 aromatic heterocycles. The first-order valence-corrected chi connectivity index (χ1v) is 11.3. The number of nitrogens with one attached hydrogen (secondary N) is 1. The Morgan fingerprint density at radius 1 is 1.19 bits per heavy atom. The van der Waals surface area contributed by atoms with E-state index in [0.717, 1.165) is 19.4 Å². The largest absolute Gasteiger partial charge is 0.466 e. The van der Waals surface area contributed by atoms with Crippen LogP contribution in [0.5, 0.6) is 0 Å². The van der Waals surface area contributed by atoms with Crippen molar-refractivity contribution in [1.29, 1.82) is 0 Å². The van der Waals surface area contributed by atoms with E-state index >= 15 is 0 Å². The molecule has 9 heteroatoms. The van der Waals surface area contributed by atoms with Crippen molar-refractivity contribution in [2.75, 3.05) is 39.9 Å². The SMILES string of the molecule is CCOC(=O)C1=C(CN2CCC[C@@H](C(=O)OCC)C2)N(C)C(=O)N[C@H]1c1ccccc1Cl. The lowest BCUT2D eigenvalue weighted by atomic mass is 9.93. The average molecular weight is 464 g/mol. The molecule has 2 atom stereocenters. The summed E-state index contributed by atoms with van der Waals surface area (Å²) in [6.07, 6.45) is 1.59. The van der Waals surface area contributed by atoms with E-state index in [2.05, 4.69) is 10.2 Å². The van der Waals surface area contributed by atoms with E-state index in [1.54, 1.807) is 39.1 Å². The average Bonchev–Trinajstić information content (AvgIpc) is 2.77. The Hall–Kier alpha value is -2.58. The van der Waals surface area contributed by atoms with Crippen LogP contribution in [0.3, 0.4) is 0 Å². The standard InChI is InChI=1S/C23H30ClN3O5/c1-4-31-21(28)15-9-8-12-27(13-15)14-18-19(22(29)32-5-2)20(25-23(30)26(18)3)16-10-6-7-11-17(16)24/h6-7,10-11,15,20H,4-5,8-9,12-14H2,1-3H3,(H,25,30)/t15-,20+/m1/s1. The summed E-state index contributed by atoms with van der Waals surface area (Å²) in [6, 6.07) is 6.04. The Morgan fingerprint density at radius 3 is 2.59 bits per heavy atom. The molecule has 3 rings (SSSR count). The van der Waals surface area contributed by atoms with Gasteiger partial charge in [-0.15, -0.1) is 0 Å². The first-order chi connectivity index (χ1) is 15.4. The highest BCUT2D eigenvalue weighted by molar-refractivity contribution is 6.31. The number of likely N-dealkylation sites (tertiary alicyclic amines) is 1. The molecule has 32 heavy (non-hydrogen) atoms. The highest BCUT2D eigenvalue weighted by Crippen LogP contribution is 2.35. The van der Waals surface area contributed by atoms with Gasteiger partial charge in [-0.25, -0.2) is 9.59 Å². The third-order valence-electron chi connectivity index (χ3n) is 5.79. The Balaban J connectivity index is 1.98. The van der Waals surface area contributed by atoms with Gasteiger partial charge in [-0.2, -0.15) is 0 Å². The molecule has 0 bridgehead atoms. The molecule has 1 aromatic carbocycles. The summed E-state index contributed by atoms with van der Waals surface area (Å²) in [4.78, 5) is 41.7. The van der Waals surface area contributed by atoms with E-state index in [0.29, 0.717) is 41.6 Å². The van der Waals surface area contributed by atoms with Gasteiger partial charge >= 0.3 is 18.0 Å². The molecule has 2 heterocycles. The topological polar surface area (TPSA) is 88.2 Å². The molecule has 0 radical (unpaired) electrons. The van der Waals surface area contributed by atoms with Crippen LogP contribution in [-0.4, -0.2) is 67.7 Å². The number of benzene rings is 1. The fraction of sp³-hybridized carbons (Fsp3) is 0.522. The Bertz CT molecular complexity index is 903. The van der Waals surface area contributed by atoms with Crippen LogP contribution in [0.1, 0.15) is 38.3 Å². The molecule has 8 nitrogen and oxygen atoms in total. The minimum Gasteiger partial charge on any atom is -0.466 e. The number of ether oxygens (including phenoxy) is 2. The van der Waals surface area contributed by atoms with Gasteiger partial charge in [0.05, 0.1) is 30.7 Å². The third kappa shape index (κ3) is 5.24. The number of hydrogen-bond donors (Lipinski definition) is 1. The van der Waals surface area contributed by atoms with Crippen LogP contribution < -0.4 is 5.32 Å². The molecular weight excluding hydrogens is 434 g/mol. The third-order valence-corrected chi connectivity index (χ3v) is 6.13. The zero-order valence-corrected chi connectivity index (χ0v) is 19.5. The van der Waals surface area contributed by atoms with Crippen LogP contribution >= 0.6 is 11.6 Å². The van der Waals surface area contributed by atoms with Gasteiger partial charge in [0, 0.05) is 30.9 Å². The minimum absolute atomic E-state index is 0.206. The number of esters is 2. The van der Waals surface area contributed by atoms with E-state index in [4.69, 9.17) is 21.1 Å². The zero-order chi connectivity index (χ0) is 23.3. The van der Waals surface area contributed by atoms with Crippen molar-refractivity contribution in [3.05, 3.63) is 46.1 Å². The second-order valence-electron chi connectivity index (χ2n) is 7.87. The van der Waals surface area contributed by atoms with Crippen molar-refractivity contribution in [2.45, 2.75) is 32.7 Å². The number of nitrogens with zero attached hydrogens (tertiary/aromatic N) is 2. The summed E-state index contributed by atoms with van der Waals surface area (Å²) in [5.74, 6) is -0.934. The molecule has 0 saturated carbocycles. The Kier molecular flexibility index (Phi) is 8.15. The fourth-order valence-corrected chi connectivity index (χ4v) is 4.45. The second kappa shape index (κ2) is 10.8. The van der Waals surface area contributed by atoms with Gasteiger partial charge in [-0.1, -0.05) is 29.8 Å². The predicted octanol–water partition coefficient (Wildman–Crippen LogP) is 3.13. The van der Waals surface area contributed by atoms with E-state index in [9.17, 15) is 14.4 Å². The smallest absolute Gasteiger partial charge is 0.338 e. The molecule has 0 unspecified atom stereocenters. The zero-order valence-electron chi connectivity index (χ0n) is 18.7. The molecule has 174 valence electrons. The maximum absolute atomic E-state index is 13.1. The summed E-state index contributed by atoms with van der Waals surface area (Å²) in [7, 11) is 1.62. The number of halogens is 1. The highest BCUT2D eigenvalue weighted by Gasteiger charge is 2.39. The molecule has 1 fully saturated rings. The van der Waals surface area contributed by atoms with Crippen molar-refractivity contribution in [2.24, 2.45) is 5.92 Å². The number of carbonyl (C=O) groups is 3. The first kappa shape index (κ1) is 24.1.